The summed E-state index contributed by atoms with van der Waals surface area (Å²) >= 11 is 0. The van der Waals surface area contributed by atoms with Crippen molar-refractivity contribution >= 4 is 23.5 Å². The SMILES string of the molecule is Cc1ccc(NC(=O)CN(C)C(=O)[C@@H](C)[NH+]2CCN(c3ncccn3)CC2)cc1. The Morgan fingerprint density at radius 3 is 2.41 bits per heavy atom. The van der Waals surface area contributed by atoms with Crippen LogP contribution in [-0.4, -0.2) is 72.5 Å². The van der Waals surface area contributed by atoms with E-state index in [4.69, 9.17) is 0 Å². The van der Waals surface area contributed by atoms with Crippen molar-refractivity contribution < 1.29 is 14.5 Å². The molecule has 0 unspecified atom stereocenters. The number of carbonyl (C=O) groups excluding carboxylic acids is 2. The van der Waals surface area contributed by atoms with Gasteiger partial charge in [-0.1, -0.05) is 17.7 Å². The van der Waals surface area contributed by atoms with Gasteiger partial charge in [0.1, 0.15) is 0 Å². The maximum Gasteiger partial charge on any atom is 0.280 e. The number of nitrogens with zero attached hydrogens (tertiary/aromatic N) is 4. The molecule has 1 fully saturated rings. The fourth-order valence-electron chi connectivity index (χ4n) is 3.52. The van der Waals surface area contributed by atoms with Crippen LogP contribution in [0.4, 0.5) is 11.6 Å². The quantitative estimate of drug-likeness (QED) is 0.716. The van der Waals surface area contributed by atoms with E-state index in [2.05, 4.69) is 20.2 Å². The Bertz CT molecular complexity index is 819. The highest BCUT2D eigenvalue weighted by molar-refractivity contribution is 5.94. The number of carbonyl (C=O) groups is 2. The van der Waals surface area contributed by atoms with Crippen LogP contribution in [0.3, 0.4) is 0 Å². The minimum atomic E-state index is -0.203. The van der Waals surface area contributed by atoms with Crippen LogP contribution in [0.25, 0.3) is 0 Å². The summed E-state index contributed by atoms with van der Waals surface area (Å²) in [4.78, 5) is 38.5. The smallest absolute Gasteiger partial charge is 0.280 e. The van der Waals surface area contributed by atoms with Crippen molar-refractivity contribution in [3.63, 3.8) is 0 Å². The molecule has 0 aliphatic carbocycles. The van der Waals surface area contributed by atoms with Crippen molar-refractivity contribution in [3.8, 4) is 0 Å². The molecule has 1 aromatic carbocycles. The number of hydrogen-bond donors (Lipinski definition) is 2. The number of rotatable bonds is 6. The Labute approximate surface area is 171 Å². The van der Waals surface area contributed by atoms with Crippen molar-refractivity contribution in [1.82, 2.24) is 14.9 Å². The number of piperazine rings is 1. The van der Waals surface area contributed by atoms with Crippen molar-refractivity contribution in [1.29, 1.82) is 0 Å². The van der Waals surface area contributed by atoms with E-state index in [1.165, 1.54) is 9.80 Å². The molecule has 2 N–H and O–H groups in total. The highest BCUT2D eigenvalue weighted by Crippen LogP contribution is 2.08. The number of likely N-dealkylation sites (N-methyl/N-ethyl adjacent to an activating group) is 1. The van der Waals surface area contributed by atoms with E-state index in [0.29, 0.717) is 0 Å². The third-order valence-corrected chi connectivity index (χ3v) is 5.32. The fourth-order valence-corrected chi connectivity index (χ4v) is 3.52. The van der Waals surface area contributed by atoms with Gasteiger partial charge in [0.15, 0.2) is 6.04 Å². The van der Waals surface area contributed by atoms with Crippen molar-refractivity contribution in [3.05, 3.63) is 48.3 Å². The summed E-state index contributed by atoms with van der Waals surface area (Å²) in [5.41, 5.74) is 1.87. The van der Waals surface area contributed by atoms with E-state index in [-0.39, 0.29) is 24.4 Å². The third kappa shape index (κ3) is 5.51. The predicted octanol–water partition coefficient (Wildman–Crippen LogP) is -0.0245. The lowest BCUT2D eigenvalue weighted by atomic mass is 10.2. The largest absolute Gasteiger partial charge is 0.331 e. The number of hydrogen-bond acceptors (Lipinski definition) is 5. The van der Waals surface area contributed by atoms with Gasteiger partial charge in [-0.05, 0) is 32.0 Å². The summed E-state index contributed by atoms with van der Waals surface area (Å²) in [5.74, 6) is 0.511. The van der Waals surface area contributed by atoms with Gasteiger partial charge in [0, 0.05) is 25.1 Å². The molecule has 1 aliphatic rings. The normalized spacial score (nSPS) is 15.6. The van der Waals surface area contributed by atoms with Crippen LogP contribution in [0.2, 0.25) is 0 Å². The van der Waals surface area contributed by atoms with Gasteiger partial charge in [0.2, 0.25) is 11.9 Å². The number of benzene rings is 1. The van der Waals surface area contributed by atoms with Crippen LogP contribution in [0, 0.1) is 6.92 Å². The highest BCUT2D eigenvalue weighted by Gasteiger charge is 2.32. The minimum Gasteiger partial charge on any atom is -0.331 e. The summed E-state index contributed by atoms with van der Waals surface area (Å²) < 4.78 is 0. The number of nitrogens with one attached hydrogen (secondary N) is 2. The second-order valence-electron chi connectivity index (χ2n) is 7.52. The van der Waals surface area contributed by atoms with E-state index >= 15 is 0 Å². The minimum absolute atomic E-state index is 0.0246. The third-order valence-electron chi connectivity index (χ3n) is 5.32. The van der Waals surface area contributed by atoms with Gasteiger partial charge < -0.3 is 20.0 Å². The van der Waals surface area contributed by atoms with Gasteiger partial charge in [-0.15, -0.1) is 0 Å². The molecule has 0 saturated carbocycles. The zero-order chi connectivity index (χ0) is 20.8. The molecule has 1 aromatic heterocycles. The Morgan fingerprint density at radius 2 is 1.79 bits per heavy atom. The number of aromatic nitrogens is 2. The van der Waals surface area contributed by atoms with Crippen LogP contribution in [0.15, 0.2) is 42.7 Å². The molecular formula is C21H29N6O2+. The number of anilines is 2. The van der Waals surface area contributed by atoms with Crippen LogP contribution in [0.1, 0.15) is 12.5 Å². The summed E-state index contributed by atoms with van der Waals surface area (Å²) in [5, 5.41) is 2.84. The van der Waals surface area contributed by atoms with Gasteiger partial charge in [-0.3, -0.25) is 9.59 Å². The summed E-state index contributed by atoms with van der Waals surface area (Å²) in [6.07, 6.45) is 3.48. The Kier molecular flexibility index (Phi) is 6.77. The Hall–Kier alpha value is -3.00. The Balaban J connectivity index is 1.48. The molecule has 1 atom stereocenters. The number of amides is 2. The second-order valence-corrected chi connectivity index (χ2v) is 7.52. The topological polar surface area (TPSA) is 82.9 Å². The molecule has 154 valence electrons. The van der Waals surface area contributed by atoms with Gasteiger partial charge >= 0.3 is 0 Å². The van der Waals surface area contributed by atoms with E-state index in [1.807, 2.05) is 38.1 Å². The lowest BCUT2D eigenvalue weighted by Crippen LogP contribution is -3.19. The van der Waals surface area contributed by atoms with Crippen LogP contribution >= 0.6 is 0 Å². The molecule has 8 nitrogen and oxygen atoms in total. The van der Waals surface area contributed by atoms with Gasteiger partial charge in [-0.2, -0.15) is 0 Å². The molecule has 8 heteroatoms. The van der Waals surface area contributed by atoms with Gasteiger partial charge in [-0.25, -0.2) is 9.97 Å². The predicted molar refractivity (Wildman–Crippen MR) is 112 cm³/mol. The number of quaternary nitrogens is 1. The average molecular weight is 398 g/mol. The summed E-state index contributed by atoms with van der Waals surface area (Å²) in [7, 11) is 1.68. The molecule has 1 saturated heterocycles. The average Bonchev–Trinajstić information content (AvgIpc) is 2.75. The molecular weight excluding hydrogens is 368 g/mol. The van der Waals surface area contributed by atoms with Crippen molar-refractivity contribution in [2.45, 2.75) is 19.9 Å². The van der Waals surface area contributed by atoms with Crippen LogP contribution < -0.4 is 15.1 Å². The fraction of sp³-hybridized carbons (Fsp3) is 0.429. The van der Waals surface area contributed by atoms with Gasteiger partial charge in [0.05, 0.1) is 32.7 Å². The maximum absolute atomic E-state index is 12.8. The van der Waals surface area contributed by atoms with Crippen molar-refractivity contribution in [2.24, 2.45) is 0 Å². The van der Waals surface area contributed by atoms with E-state index in [0.717, 1.165) is 43.4 Å². The maximum atomic E-state index is 12.8. The lowest BCUT2D eigenvalue weighted by molar-refractivity contribution is -0.915. The zero-order valence-corrected chi connectivity index (χ0v) is 17.3. The Morgan fingerprint density at radius 1 is 1.17 bits per heavy atom. The summed E-state index contributed by atoms with van der Waals surface area (Å²) in [6, 6.07) is 9.20. The van der Waals surface area contributed by atoms with E-state index < -0.39 is 0 Å². The molecule has 2 heterocycles. The first-order valence-corrected chi connectivity index (χ1v) is 9.92. The van der Waals surface area contributed by atoms with E-state index in [1.54, 1.807) is 25.5 Å². The number of aryl methyl sites for hydroxylation is 1. The monoisotopic (exact) mass is 397 g/mol. The van der Waals surface area contributed by atoms with Crippen LogP contribution in [0.5, 0.6) is 0 Å². The first-order valence-electron chi connectivity index (χ1n) is 9.92. The van der Waals surface area contributed by atoms with Crippen molar-refractivity contribution in [2.75, 3.05) is 50.0 Å². The van der Waals surface area contributed by atoms with Crippen LogP contribution in [-0.2, 0) is 9.59 Å². The van der Waals surface area contributed by atoms with Gasteiger partial charge in [0.25, 0.3) is 5.91 Å². The first-order chi connectivity index (χ1) is 13.9. The zero-order valence-electron chi connectivity index (χ0n) is 17.3. The molecule has 0 radical (unpaired) electrons. The first kappa shape index (κ1) is 20.7. The molecule has 2 aromatic rings. The standard InChI is InChI=1S/C21H28N6O2/c1-16-5-7-18(8-6-16)24-19(28)15-25(3)20(29)17(2)26-11-13-27(14-12-26)21-22-9-4-10-23-21/h4-10,17H,11-15H2,1-3H3,(H,24,28)/p+1/t17-/m1/s1. The molecule has 1 aliphatic heterocycles. The molecule has 3 rings (SSSR count). The molecule has 0 spiro atoms. The molecule has 0 bridgehead atoms. The lowest BCUT2D eigenvalue weighted by Gasteiger charge is -2.35. The highest BCUT2D eigenvalue weighted by atomic mass is 16.2. The summed E-state index contributed by atoms with van der Waals surface area (Å²) in [6.45, 7) is 7.22. The molecule has 29 heavy (non-hydrogen) atoms. The van der Waals surface area contributed by atoms with E-state index in [9.17, 15) is 9.59 Å². The second kappa shape index (κ2) is 9.47. The molecule has 2 amide bonds.